The molecule has 3 aromatic carbocycles. The molecule has 0 aliphatic rings. The Morgan fingerprint density at radius 2 is 1.61 bits per heavy atom. The zero-order chi connectivity index (χ0) is 23.0. The van der Waals surface area contributed by atoms with Crippen LogP contribution in [0.3, 0.4) is 0 Å². The molecule has 0 radical (unpaired) electrons. The second-order valence-corrected chi connectivity index (χ2v) is 7.25. The highest BCUT2D eigenvalue weighted by Crippen LogP contribution is 2.35. The number of anilines is 1. The number of H-pyrrole nitrogens is 1. The van der Waals surface area contributed by atoms with Gasteiger partial charge in [-0.2, -0.15) is 18.3 Å². The number of carbonyl (C=O) groups excluding carboxylic acids is 1. The first kappa shape index (κ1) is 20.5. The van der Waals surface area contributed by atoms with Crippen LogP contribution in [0.25, 0.3) is 28.1 Å². The van der Waals surface area contributed by atoms with Crippen LogP contribution in [-0.2, 0) is 6.18 Å². The van der Waals surface area contributed by atoms with Crippen LogP contribution in [0.1, 0.15) is 16.1 Å². The quantitative estimate of drug-likeness (QED) is 0.372. The van der Waals surface area contributed by atoms with Crippen LogP contribution in [-0.4, -0.2) is 25.7 Å². The summed E-state index contributed by atoms with van der Waals surface area (Å²) < 4.78 is 42.5. The average molecular weight is 447 g/mol. The summed E-state index contributed by atoms with van der Waals surface area (Å²) >= 11 is 0. The molecule has 2 heterocycles. The van der Waals surface area contributed by atoms with Gasteiger partial charge in [0.25, 0.3) is 5.91 Å². The molecule has 0 unspecified atom stereocenters. The lowest BCUT2D eigenvalue weighted by Crippen LogP contribution is -2.21. The molecule has 0 fully saturated rings. The highest BCUT2D eigenvalue weighted by molar-refractivity contribution is 6.07. The average Bonchev–Trinajstić information content (AvgIpc) is 3.45. The fraction of sp³-hybridized carbons (Fsp3) is 0.0417. The number of nitrogens with one attached hydrogen (secondary N) is 2. The summed E-state index contributed by atoms with van der Waals surface area (Å²) in [5.74, 6) is -0.434. The number of amides is 1. The van der Waals surface area contributed by atoms with Crippen LogP contribution < -0.4 is 5.32 Å². The van der Waals surface area contributed by atoms with Gasteiger partial charge in [-0.15, -0.1) is 0 Å². The minimum Gasteiger partial charge on any atom is -0.338 e. The second-order valence-electron chi connectivity index (χ2n) is 7.25. The van der Waals surface area contributed by atoms with E-state index in [4.69, 9.17) is 0 Å². The standard InChI is InChI=1S/C24H16F3N5O/c25-24(26,27)21-17(14-28-32(21)15-8-2-1-3-9-15)23(33)31-18-11-5-4-10-16(18)22-29-19-12-6-7-13-20(19)30-22/h1-14H,(H,29,30)(H,31,33). The number of hydrogen-bond donors (Lipinski definition) is 2. The zero-order valence-corrected chi connectivity index (χ0v) is 17.0. The summed E-state index contributed by atoms with van der Waals surface area (Å²) in [5.41, 5.74) is 0.882. The Labute approximate surface area is 185 Å². The van der Waals surface area contributed by atoms with E-state index in [0.717, 1.165) is 21.9 Å². The molecule has 5 aromatic rings. The molecule has 0 spiro atoms. The molecule has 2 N–H and O–H groups in total. The van der Waals surface area contributed by atoms with E-state index in [2.05, 4.69) is 20.4 Å². The smallest absolute Gasteiger partial charge is 0.338 e. The predicted octanol–water partition coefficient (Wildman–Crippen LogP) is 5.69. The molecule has 6 nitrogen and oxygen atoms in total. The van der Waals surface area contributed by atoms with Crippen LogP contribution in [0.2, 0.25) is 0 Å². The normalized spacial score (nSPS) is 11.6. The van der Waals surface area contributed by atoms with Crippen molar-refractivity contribution in [2.24, 2.45) is 0 Å². The van der Waals surface area contributed by atoms with Crippen molar-refractivity contribution in [3.63, 3.8) is 0 Å². The minimum atomic E-state index is -4.79. The summed E-state index contributed by atoms with van der Waals surface area (Å²) in [6.07, 6.45) is -3.87. The van der Waals surface area contributed by atoms with E-state index in [1.807, 2.05) is 24.3 Å². The fourth-order valence-electron chi connectivity index (χ4n) is 3.62. The second kappa shape index (κ2) is 7.94. The van der Waals surface area contributed by atoms with Crippen molar-refractivity contribution >= 4 is 22.6 Å². The Balaban J connectivity index is 1.53. The predicted molar refractivity (Wildman–Crippen MR) is 118 cm³/mol. The number of benzene rings is 3. The van der Waals surface area contributed by atoms with Crippen molar-refractivity contribution in [1.82, 2.24) is 19.7 Å². The molecule has 0 aliphatic heterocycles. The minimum absolute atomic E-state index is 0.201. The number of para-hydroxylation sites is 4. The van der Waals surface area contributed by atoms with Crippen LogP contribution in [0, 0.1) is 0 Å². The Hall–Kier alpha value is -4.40. The molecule has 9 heteroatoms. The van der Waals surface area contributed by atoms with Crippen molar-refractivity contribution in [1.29, 1.82) is 0 Å². The van der Waals surface area contributed by atoms with Gasteiger partial charge in [0, 0.05) is 5.56 Å². The van der Waals surface area contributed by atoms with E-state index < -0.39 is 23.3 Å². The number of fused-ring (bicyclic) bond motifs is 1. The number of aromatic amines is 1. The van der Waals surface area contributed by atoms with E-state index in [9.17, 15) is 18.0 Å². The molecule has 0 saturated heterocycles. The first-order chi connectivity index (χ1) is 15.9. The molecule has 5 rings (SSSR count). The van der Waals surface area contributed by atoms with E-state index in [0.29, 0.717) is 17.1 Å². The number of nitrogens with zero attached hydrogens (tertiary/aromatic N) is 3. The van der Waals surface area contributed by atoms with Gasteiger partial charge in [-0.3, -0.25) is 4.79 Å². The van der Waals surface area contributed by atoms with E-state index >= 15 is 0 Å². The number of aromatic nitrogens is 4. The maximum absolute atomic E-state index is 13.9. The van der Waals surface area contributed by atoms with Crippen LogP contribution in [0.15, 0.2) is 85.1 Å². The molecule has 0 bridgehead atoms. The summed E-state index contributed by atoms with van der Waals surface area (Å²) in [6, 6.07) is 22.0. The number of hydrogen-bond acceptors (Lipinski definition) is 3. The summed E-state index contributed by atoms with van der Waals surface area (Å²) in [7, 11) is 0. The molecule has 0 aliphatic carbocycles. The van der Waals surface area contributed by atoms with Gasteiger partial charge < -0.3 is 10.3 Å². The highest BCUT2D eigenvalue weighted by Gasteiger charge is 2.40. The van der Waals surface area contributed by atoms with Gasteiger partial charge in [-0.05, 0) is 36.4 Å². The molecule has 1 amide bonds. The van der Waals surface area contributed by atoms with Gasteiger partial charge >= 0.3 is 6.18 Å². The van der Waals surface area contributed by atoms with Gasteiger partial charge in [-0.25, -0.2) is 9.67 Å². The maximum atomic E-state index is 13.9. The lowest BCUT2D eigenvalue weighted by Gasteiger charge is -2.13. The number of halogens is 3. The lowest BCUT2D eigenvalue weighted by atomic mass is 10.1. The van der Waals surface area contributed by atoms with E-state index in [1.54, 1.807) is 42.5 Å². The molecule has 0 atom stereocenters. The molecule has 2 aromatic heterocycles. The van der Waals surface area contributed by atoms with Gasteiger partial charge in [0.15, 0.2) is 5.69 Å². The molecule has 0 saturated carbocycles. The first-order valence-electron chi connectivity index (χ1n) is 9.98. The number of carbonyl (C=O) groups is 1. The van der Waals surface area contributed by atoms with E-state index in [1.165, 1.54) is 12.1 Å². The monoisotopic (exact) mass is 447 g/mol. The Kier molecular flexibility index (Phi) is 4.93. The van der Waals surface area contributed by atoms with Crippen LogP contribution in [0.5, 0.6) is 0 Å². The highest BCUT2D eigenvalue weighted by atomic mass is 19.4. The zero-order valence-electron chi connectivity index (χ0n) is 17.0. The third-order valence-electron chi connectivity index (χ3n) is 5.10. The number of imidazole rings is 1. The van der Waals surface area contributed by atoms with Gasteiger partial charge in [0.05, 0.1) is 34.2 Å². The van der Waals surface area contributed by atoms with Gasteiger partial charge in [-0.1, -0.05) is 42.5 Å². The van der Waals surface area contributed by atoms with Crippen molar-refractivity contribution in [3.8, 4) is 17.1 Å². The van der Waals surface area contributed by atoms with Crippen molar-refractivity contribution in [3.05, 3.63) is 96.3 Å². The topological polar surface area (TPSA) is 75.6 Å². The fourth-order valence-corrected chi connectivity index (χ4v) is 3.62. The third kappa shape index (κ3) is 3.84. The largest absolute Gasteiger partial charge is 0.434 e. The lowest BCUT2D eigenvalue weighted by molar-refractivity contribution is -0.143. The van der Waals surface area contributed by atoms with Crippen LogP contribution in [0.4, 0.5) is 18.9 Å². The summed E-state index contributed by atoms with van der Waals surface area (Å²) in [4.78, 5) is 20.7. The SMILES string of the molecule is O=C(Nc1ccccc1-c1nc2ccccc2[nH]1)c1cnn(-c2ccccc2)c1C(F)(F)F. The third-order valence-corrected chi connectivity index (χ3v) is 5.10. The van der Waals surface area contributed by atoms with Crippen LogP contribution >= 0.6 is 0 Å². The Bertz CT molecular complexity index is 1420. The van der Waals surface area contributed by atoms with Gasteiger partial charge in [0.2, 0.25) is 0 Å². The van der Waals surface area contributed by atoms with Gasteiger partial charge in [0.1, 0.15) is 5.82 Å². The number of alkyl halides is 3. The molecule has 33 heavy (non-hydrogen) atoms. The molecular formula is C24H16F3N5O. The maximum Gasteiger partial charge on any atom is 0.434 e. The van der Waals surface area contributed by atoms with Crippen molar-refractivity contribution in [2.45, 2.75) is 6.18 Å². The first-order valence-corrected chi connectivity index (χ1v) is 9.98. The van der Waals surface area contributed by atoms with Crippen molar-refractivity contribution < 1.29 is 18.0 Å². The molecule has 164 valence electrons. The Morgan fingerprint density at radius 1 is 0.909 bits per heavy atom. The Morgan fingerprint density at radius 3 is 2.36 bits per heavy atom. The number of rotatable bonds is 4. The van der Waals surface area contributed by atoms with E-state index in [-0.39, 0.29) is 5.69 Å². The van der Waals surface area contributed by atoms with Crippen molar-refractivity contribution in [2.75, 3.05) is 5.32 Å². The summed E-state index contributed by atoms with van der Waals surface area (Å²) in [6.45, 7) is 0. The molecular weight excluding hydrogens is 431 g/mol. The summed E-state index contributed by atoms with van der Waals surface area (Å²) in [5, 5.41) is 6.44.